The molecule has 2 nitrogen and oxygen atoms in total. The molecule has 18 heavy (non-hydrogen) atoms. The normalized spacial score (nSPS) is 10.7. The van der Waals surface area contributed by atoms with Gasteiger partial charge in [-0.25, -0.2) is 0 Å². The van der Waals surface area contributed by atoms with Gasteiger partial charge in [-0.15, -0.1) is 11.3 Å². The zero-order valence-corrected chi connectivity index (χ0v) is 11.9. The van der Waals surface area contributed by atoms with Crippen molar-refractivity contribution in [2.24, 2.45) is 0 Å². The Balaban J connectivity index is 1.78. The Bertz CT molecular complexity index is 680. The number of rotatable bonds is 3. The standard InChI is InChI=1S/C14H10BrNOS/c15-11-6-13(18-9-11)8-17-12-4-3-10-2-1-5-16-14(10)7-12/h1-7,9H,8H2. The molecule has 4 heteroatoms. The molecule has 0 radical (unpaired) electrons. The van der Waals surface area contributed by atoms with Crippen LogP contribution in [0.15, 0.2) is 52.4 Å². The maximum absolute atomic E-state index is 5.76. The van der Waals surface area contributed by atoms with Crippen LogP contribution in [0.3, 0.4) is 0 Å². The Morgan fingerprint density at radius 1 is 1.22 bits per heavy atom. The van der Waals surface area contributed by atoms with E-state index >= 15 is 0 Å². The van der Waals surface area contributed by atoms with Crippen LogP contribution in [0.25, 0.3) is 10.9 Å². The smallest absolute Gasteiger partial charge is 0.122 e. The fraction of sp³-hybridized carbons (Fsp3) is 0.0714. The molecule has 1 aromatic carbocycles. The van der Waals surface area contributed by atoms with Crippen molar-refractivity contribution in [3.8, 4) is 5.75 Å². The third kappa shape index (κ3) is 2.54. The number of thiophene rings is 1. The van der Waals surface area contributed by atoms with Gasteiger partial charge in [-0.2, -0.15) is 0 Å². The third-order valence-corrected chi connectivity index (χ3v) is 4.25. The van der Waals surface area contributed by atoms with E-state index in [0.717, 1.165) is 21.1 Å². The first kappa shape index (κ1) is 11.7. The zero-order chi connectivity index (χ0) is 12.4. The largest absolute Gasteiger partial charge is 0.488 e. The van der Waals surface area contributed by atoms with Gasteiger partial charge in [-0.3, -0.25) is 4.98 Å². The van der Waals surface area contributed by atoms with Gasteiger partial charge in [0.25, 0.3) is 0 Å². The Morgan fingerprint density at radius 3 is 3.00 bits per heavy atom. The highest BCUT2D eigenvalue weighted by atomic mass is 79.9. The lowest BCUT2D eigenvalue weighted by Crippen LogP contribution is -1.92. The van der Waals surface area contributed by atoms with Crippen molar-refractivity contribution in [3.63, 3.8) is 0 Å². The predicted molar refractivity (Wildman–Crippen MR) is 78.1 cm³/mol. The van der Waals surface area contributed by atoms with Gasteiger partial charge in [-0.05, 0) is 40.2 Å². The molecule has 0 bridgehead atoms. The summed E-state index contributed by atoms with van der Waals surface area (Å²) in [6.07, 6.45) is 1.79. The maximum atomic E-state index is 5.76. The molecule has 3 rings (SSSR count). The molecular formula is C14H10BrNOS. The molecule has 0 amide bonds. The molecule has 2 aromatic heterocycles. The molecule has 0 unspecified atom stereocenters. The molecule has 0 N–H and O–H groups in total. The minimum absolute atomic E-state index is 0.592. The van der Waals surface area contributed by atoms with Crippen molar-refractivity contribution < 1.29 is 4.74 Å². The summed E-state index contributed by atoms with van der Waals surface area (Å²) in [7, 11) is 0. The highest BCUT2D eigenvalue weighted by Gasteiger charge is 2.01. The summed E-state index contributed by atoms with van der Waals surface area (Å²) >= 11 is 5.12. The Labute approximate surface area is 117 Å². The molecule has 0 saturated heterocycles. The summed E-state index contributed by atoms with van der Waals surface area (Å²) in [6, 6.07) is 12.0. The molecule has 0 spiro atoms. The second-order valence-corrected chi connectivity index (χ2v) is 5.79. The van der Waals surface area contributed by atoms with E-state index in [2.05, 4.69) is 32.4 Å². The lowest BCUT2D eigenvalue weighted by atomic mass is 10.2. The SMILES string of the molecule is Brc1csc(COc2ccc3cccnc3c2)c1. The van der Waals surface area contributed by atoms with Crippen LogP contribution >= 0.6 is 27.3 Å². The molecule has 0 aliphatic carbocycles. The van der Waals surface area contributed by atoms with Crippen molar-refractivity contribution in [2.45, 2.75) is 6.61 Å². The average molecular weight is 320 g/mol. The molecule has 0 atom stereocenters. The van der Waals surface area contributed by atoms with Gasteiger partial charge in [0.1, 0.15) is 12.4 Å². The monoisotopic (exact) mass is 319 g/mol. The first-order valence-corrected chi connectivity index (χ1v) is 7.19. The van der Waals surface area contributed by atoms with Crippen LogP contribution in [0.1, 0.15) is 4.88 Å². The Hall–Kier alpha value is -1.39. The van der Waals surface area contributed by atoms with Crippen LogP contribution in [0.2, 0.25) is 0 Å². The summed E-state index contributed by atoms with van der Waals surface area (Å²) < 4.78 is 6.87. The highest BCUT2D eigenvalue weighted by molar-refractivity contribution is 9.10. The molecule has 0 saturated carbocycles. The van der Waals surface area contributed by atoms with E-state index in [4.69, 9.17) is 4.74 Å². The number of fused-ring (bicyclic) bond motifs is 1. The topological polar surface area (TPSA) is 22.1 Å². The molecule has 2 heterocycles. The Morgan fingerprint density at radius 2 is 2.17 bits per heavy atom. The molecule has 3 aromatic rings. The number of hydrogen-bond acceptors (Lipinski definition) is 3. The van der Waals surface area contributed by atoms with Gasteiger partial charge >= 0.3 is 0 Å². The van der Waals surface area contributed by atoms with Crippen molar-refractivity contribution in [1.29, 1.82) is 0 Å². The highest BCUT2D eigenvalue weighted by Crippen LogP contribution is 2.23. The first-order chi connectivity index (χ1) is 8.81. The molecular weight excluding hydrogens is 310 g/mol. The minimum Gasteiger partial charge on any atom is -0.488 e. The summed E-state index contributed by atoms with van der Waals surface area (Å²) in [5.41, 5.74) is 0.961. The van der Waals surface area contributed by atoms with Gasteiger partial charge < -0.3 is 4.74 Å². The van der Waals surface area contributed by atoms with Gasteiger partial charge in [0.05, 0.1) is 5.52 Å². The zero-order valence-electron chi connectivity index (χ0n) is 9.47. The van der Waals surface area contributed by atoms with Crippen molar-refractivity contribution in [3.05, 3.63) is 57.3 Å². The number of ether oxygens (including phenoxy) is 1. The number of hydrogen-bond donors (Lipinski definition) is 0. The van der Waals surface area contributed by atoms with E-state index in [-0.39, 0.29) is 0 Å². The van der Waals surface area contributed by atoms with Crippen LogP contribution < -0.4 is 4.74 Å². The third-order valence-electron chi connectivity index (χ3n) is 2.58. The van der Waals surface area contributed by atoms with E-state index in [1.165, 1.54) is 4.88 Å². The Kier molecular flexibility index (Phi) is 3.30. The van der Waals surface area contributed by atoms with Crippen LogP contribution in [-0.4, -0.2) is 4.98 Å². The molecule has 0 fully saturated rings. The predicted octanol–water partition coefficient (Wildman–Crippen LogP) is 4.64. The summed E-state index contributed by atoms with van der Waals surface area (Å²) in [5, 5.41) is 3.18. The number of halogens is 1. The minimum atomic E-state index is 0.592. The fourth-order valence-electron chi connectivity index (χ4n) is 1.72. The van der Waals surface area contributed by atoms with Crippen molar-refractivity contribution in [1.82, 2.24) is 4.98 Å². The number of pyridine rings is 1. The first-order valence-electron chi connectivity index (χ1n) is 5.52. The molecule has 90 valence electrons. The van der Waals surface area contributed by atoms with Crippen LogP contribution in [0.4, 0.5) is 0 Å². The van der Waals surface area contributed by atoms with Gasteiger partial charge in [-0.1, -0.05) is 6.07 Å². The van der Waals surface area contributed by atoms with Crippen LogP contribution in [-0.2, 0) is 6.61 Å². The van der Waals surface area contributed by atoms with E-state index < -0.39 is 0 Å². The average Bonchev–Trinajstić information content (AvgIpc) is 2.82. The second kappa shape index (κ2) is 5.08. The molecule has 0 aliphatic heterocycles. The number of nitrogens with zero attached hydrogens (tertiary/aromatic N) is 1. The maximum Gasteiger partial charge on any atom is 0.122 e. The summed E-state index contributed by atoms with van der Waals surface area (Å²) in [4.78, 5) is 5.51. The lowest BCUT2D eigenvalue weighted by Gasteiger charge is -2.05. The van der Waals surface area contributed by atoms with E-state index in [1.54, 1.807) is 17.5 Å². The van der Waals surface area contributed by atoms with Crippen LogP contribution in [0.5, 0.6) is 5.75 Å². The van der Waals surface area contributed by atoms with Gasteiger partial charge in [0.2, 0.25) is 0 Å². The molecule has 0 aliphatic rings. The van der Waals surface area contributed by atoms with Crippen molar-refractivity contribution in [2.75, 3.05) is 0 Å². The summed E-state index contributed by atoms with van der Waals surface area (Å²) in [6.45, 7) is 0.592. The van der Waals surface area contributed by atoms with Crippen LogP contribution in [0, 0.1) is 0 Å². The number of aromatic nitrogens is 1. The lowest BCUT2D eigenvalue weighted by molar-refractivity contribution is 0.310. The second-order valence-electron chi connectivity index (χ2n) is 3.88. The van der Waals surface area contributed by atoms with E-state index in [9.17, 15) is 0 Å². The number of benzene rings is 1. The van der Waals surface area contributed by atoms with Crippen molar-refractivity contribution >= 4 is 38.2 Å². The van der Waals surface area contributed by atoms with Gasteiger partial charge in [0, 0.05) is 32.4 Å². The van der Waals surface area contributed by atoms with E-state index in [1.807, 2.05) is 30.3 Å². The van der Waals surface area contributed by atoms with Gasteiger partial charge in [0.15, 0.2) is 0 Å². The quantitative estimate of drug-likeness (QED) is 0.701. The fourth-order valence-corrected chi connectivity index (χ4v) is 3.08. The van der Waals surface area contributed by atoms with E-state index in [0.29, 0.717) is 6.61 Å². The summed E-state index contributed by atoms with van der Waals surface area (Å²) in [5.74, 6) is 0.853.